The van der Waals surface area contributed by atoms with Crippen molar-refractivity contribution in [1.29, 1.82) is 0 Å². The van der Waals surface area contributed by atoms with Crippen molar-refractivity contribution >= 4 is 104 Å². The van der Waals surface area contributed by atoms with Crippen molar-refractivity contribution in [2.24, 2.45) is 0 Å². The van der Waals surface area contributed by atoms with Gasteiger partial charge in [0, 0.05) is 58.1 Å². The van der Waals surface area contributed by atoms with E-state index in [1.165, 1.54) is 35.3 Å². The Bertz CT molecular complexity index is 3120. The van der Waals surface area contributed by atoms with Gasteiger partial charge in [-0.15, -0.1) is 0 Å². The van der Waals surface area contributed by atoms with Crippen LogP contribution in [0.2, 0.25) is 0 Å². The Morgan fingerprint density at radius 3 is 1.12 bits per heavy atom. The molecule has 0 atom stereocenters. The molecule has 18 heteroatoms. The molecule has 0 spiro atoms. The summed E-state index contributed by atoms with van der Waals surface area (Å²) in [6.07, 6.45) is 8.76. The summed E-state index contributed by atoms with van der Waals surface area (Å²) >= 11 is 0. The fraction of sp³-hybridized carbons (Fsp3) is 0.0714. The maximum atomic E-state index is 13.2. The molecule has 0 saturated carbocycles. The maximum Gasteiger partial charge on any atom is 0.267 e. The molecule has 8 aromatic rings. The van der Waals surface area contributed by atoms with Crippen molar-refractivity contribution in [3.05, 3.63) is 206 Å². The van der Waals surface area contributed by atoms with Crippen molar-refractivity contribution in [1.82, 2.24) is 20.9 Å². The SMILES string of the molecule is O=C(/C=C/c1ccc(N(CC(=O)Nc2cccc3cccnc23)CC(=O)Nc2cccc3cccnc23)cc1)NO.O=C(/C=C/c1ccc(N(CC(=O)Nc2ccccc2)CC(=O)Nc2ccccc2)cc1)NO. The lowest BCUT2D eigenvalue weighted by atomic mass is 10.1. The predicted molar refractivity (Wildman–Crippen MR) is 286 cm³/mol. The number of hydroxylamine groups is 2. The molecule has 0 bridgehead atoms. The topological polar surface area (TPSA) is 247 Å². The Balaban J connectivity index is 0.000000222. The molecule has 2 heterocycles. The van der Waals surface area contributed by atoms with E-state index < -0.39 is 11.8 Å². The van der Waals surface area contributed by atoms with Crippen molar-refractivity contribution in [3.8, 4) is 0 Å². The first-order valence-corrected chi connectivity index (χ1v) is 22.9. The number of rotatable bonds is 18. The van der Waals surface area contributed by atoms with Gasteiger partial charge in [-0.1, -0.05) is 97.1 Å². The van der Waals surface area contributed by atoms with Gasteiger partial charge in [0.15, 0.2) is 0 Å². The number of pyridine rings is 2. The van der Waals surface area contributed by atoms with Gasteiger partial charge >= 0.3 is 0 Å². The summed E-state index contributed by atoms with van der Waals surface area (Å²) in [5.41, 5.74) is 9.55. The molecule has 8 N–H and O–H groups in total. The Morgan fingerprint density at radius 2 is 0.757 bits per heavy atom. The van der Waals surface area contributed by atoms with E-state index in [0.717, 1.165) is 10.8 Å². The first-order chi connectivity index (χ1) is 36.0. The van der Waals surface area contributed by atoms with Crippen LogP contribution in [0.1, 0.15) is 11.1 Å². The van der Waals surface area contributed by atoms with Crippen LogP contribution in [0.5, 0.6) is 0 Å². The number of carbonyl (C=O) groups is 6. The Labute approximate surface area is 425 Å². The van der Waals surface area contributed by atoms with Crippen molar-refractivity contribution in [2.45, 2.75) is 0 Å². The number of fused-ring (bicyclic) bond motifs is 2. The second-order valence-corrected chi connectivity index (χ2v) is 16.2. The zero-order valence-electron chi connectivity index (χ0n) is 39.6. The van der Waals surface area contributed by atoms with Gasteiger partial charge in [-0.05, 0) is 96.1 Å². The van der Waals surface area contributed by atoms with E-state index in [4.69, 9.17) is 10.4 Å². The van der Waals surface area contributed by atoms with Crippen LogP contribution >= 0.6 is 0 Å². The molecular formula is C56H50N10O8. The predicted octanol–water partition coefficient (Wildman–Crippen LogP) is 7.67. The minimum Gasteiger partial charge on any atom is -0.353 e. The van der Waals surface area contributed by atoms with Gasteiger partial charge in [0.2, 0.25) is 23.6 Å². The van der Waals surface area contributed by atoms with Crippen molar-refractivity contribution < 1.29 is 39.2 Å². The third kappa shape index (κ3) is 15.5. The van der Waals surface area contributed by atoms with Crippen molar-refractivity contribution in [3.63, 3.8) is 0 Å². The standard InChI is InChI=1S/C31H26N6O4.C25H24N4O4/c38-27(36-41)16-13-21-11-14-24(15-12-21)37(19-28(39)34-25-9-1-5-22-7-3-17-32-30(22)25)20-29(40)35-26-10-2-6-23-8-4-18-33-31(23)26;30-23(28-33)16-13-19-11-14-22(15-12-19)29(17-24(31)26-20-7-3-1-4-8-20)18-25(32)27-21-9-5-2-6-10-21/h1-18,41H,19-20H2,(H,34,39)(H,35,40)(H,36,38);1-16,33H,17-18H2,(H,26,31)(H,27,32)(H,28,30)/b2*16-13+. The maximum absolute atomic E-state index is 13.2. The molecule has 0 saturated heterocycles. The molecule has 0 aliphatic carbocycles. The number of nitrogens with zero attached hydrogens (tertiary/aromatic N) is 4. The van der Waals surface area contributed by atoms with E-state index in [1.807, 2.05) is 84.9 Å². The molecule has 2 aromatic heterocycles. The number of aromatic nitrogens is 2. The van der Waals surface area contributed by atoms with Gasteiger partial charge in [-0.3, -0.25) is 49.1 Å². The molecular weight excluding hydrogens is 941 g/mol. The number of benzene rings is 6. The van der Waals surface area contributed by atoms with Crippen LogP contribution in [-0.2, 0) is 28.8 Å². The third-order valence-electron chi connectivity index (χ3n) is 10.9. The fourth-order valence-corrected chi connectivity index (χ4v) is 7.41. The van der Waals surface area contributed by atoms with Crippen LogP contribution in [0.3, 0.4) is 0 Å². The second-order valence-electron chi connectivity index (χ2n) is 16.2. The second kappa shape index (κ2) is 26.2. The van der Waals surface area contributed by atoms with Gasteiger partial charge in [0.05, 0.1) is 48.6 Å². The monoisotopic (exact) mass is 990 g/mol. The summed E-state index contributed by atoms with van der Waals surface area (Å²) in [6.45, 7) is -0.322. The molecule has 74 heavy (non-hydrogen) atoms. The van der Waals surface area contributed by atoms with Crippen LogP contribution < -0.4 is 42.0 Å². The molecule has 0 aliphatic heterocycles. The first-order valence-electron chi connectivity index (χ1n) is 22.9. The number of hydrogen-bond donors (Lipinski definition) is 8. The quantitative estimate of drug-likeness (QED) is 0.0234. The molecule has 18 nitrogen and oxygen atoms in total. The van der Waals surface area contributed by atoms with Crippen LogP contribution in [-0.4, -0.2) is 82.0 Å². The lowest BCUT2D eigenvalue weighted by Gasteiger charge is -2.24. The highest BCUT2D eigenvalue weighted by Crippen LogP contribution is 2.24. The molecule has 6 aromatic carbocycles. The summed E-state index contributed by atoms with van der Waals surface area (Å²) < 4.78 is 0. The average Bonchev–Trinajstić information content (AvgIpc) is 3.42. The van der Waals surface area contributed by atoms with E-state index >= 15 is 0 Å². The normalized spacial score (nSPS) is 10.7. The van der Waals surface area contributed by atoms with E-state index in [-0.39, 0.29) is 49.8 Å². The highest BCUT2D eigenvalue weighted by Gasteiger charge is 2.19. The number of anilines is 6. The van der Waals surface area contributed by atoms with Gasteiger partial charge in [-0.25, -0.2) is 11.0 Å². The fourth-order valence-electron chi connectivity index (χ4n) is 7.41. The van der Waals surface area contributed by atoms with Gasteiger partial charge in [0.25, 0.3) is 11.8 Å². The number of para-hydroxylation sites is 4. The number of nitrogens with one attached hydrogen (secondary N) is 6. The summed E-state index contributed by atoms with van der Waals surface area (Å²) in [7, 11) is 0. The van der Waals surface area contributed by atoms with Gasteiger partial charge < -0.3 is 31.1 Å². The molecule has 372 valence electrons. The highest BCUT2D eigenvalue weighted by molar-refractivity contribution is 6.05. The molecule has 8 rings (SSSR count). The van der Waals surface area contributed by atoms with Crippen LogP contribution in [0.4, 0.5) is 34.1 Å². The van der Waals surface area contributed by atoms with Crippen LogP contribution in [0.15, 0.2) is 194 Å². The average molecular weight is 991 g/mol. The lowest BCUT2D eigenvalue weighted by Crippen LogP contribution is -2.39. The van der Waals surface area contributed by atoms with Crippen LogP contribution in [0.25, 0.3) is 34.0 Å². The van der Waals surface area contributed by atoms with E-state index in [1.54, 1.807) is 107 Å². The third-order valence-corrected chi connectivity index (χ3v) is 10.9. The highest BCUT2D eigenvalue weighted by atomic mass is 16.5. The van der Waals surface area contributed by atoms with Gasteiger partial charge in [-0.2, -0.15) is 0 Å². The smallest absolute Gasteiger partial charge is 0.267 e. The minimum absolute atomic E-state index is 0.0425. The van der Waals surface area contributed by atoms with Gasteiger partial charge in [0.1, 0.15) is 0 Å². The number of carbonyl (C=O) groups excluding carboxylic acids is 6. The largest absolute Gasteiger partial charge is 0.353 e. The summed E-state index contributed by atoms with van der Waals surface area (Å²) in [5.74, 6) is -2.49. The van der Waals surface area contributed by atoms with Crippen molar-refractivity contribution in [2.75, 3.05) is 57.2 Å². The zero-order valence-corrected chi connectivity index (χ0v) is 39.6. The summed E-state index contributed by atoms with van der Waals surface area (Å²) in [6, 6.07) is 50.7. The molecule has 0 radical (unpaired) electrons. The molecule has 0 aliphatic rings. The summed E-state index contributed by atoms with van der Waals surface area (Å²) in [4.78, 5) is 86.3. The first kappa shape index (κ1) is 51.8. The summed E-state index contributed by atoms with van der Waals surface area (Å²) in [5, 5.41) is 30.5. The number of amides is 6. The molecule has 6 amide bonds. The Kier molecular flexibility index (Phi) is 18.4. The Morgan fingerprint density at radius 1 is 0.405 bits per heavy atom. The zero-order chi connectivity index (χ0) is 52.1. The Hall–Kier alpha value is -10.0. The minimum atomic E-state index is -0.658. The number of hydrogen-bond acceptors (Lipinski definition) is 12. The lowest BCUT2D eigenvalue weighted by molar-refractivity contribution is -0.124. The van der Waals surface area contributed by atoms with Crippen LogP contribution in [0, 0.1) is 0 Å². The van der Waals surface area contributed by atoms with E-state index in [0.29, 0.717) is 56.3 Å². The van der Waals surface area contributed by atoms with E-state index in [2.05, 4.69) is 31.2 Å². The van der Waals surface area contributed by atoms with E-state index in [9.17, 15) is 28.8 Å². The molecule has 0 unspecified atom stereocenters. The molecule has 0 fully saturated rings.